The predicted molar refractivity (Wildman–Crippen MR) is 230 cm³/mol. The summed E-state index contributed by atoms with van der Waals surface area (Å²) in [5.41, 5.74) is 10.7. The predicted octanol–water partition coefficient (Wildman–Crippen LogP) is 13.1. The van der Waals surface area contributed by atoms with Gasteiger partial charge in [0.05, 0.1) is 32.2 Å². The van der Waals surface area contributed by atoms with E-state index >= 15 is 0 Å². The molecule has 5 nitrogen and oxygen atoms in total. The summed E-state index contributed by atoms with van der Waals surface area (Å²) in [6.07, 6.45) is 7.57. The first-order valence-electron chi connectivity index (χ1n) is 18.7. The largest absolute Gasteiger partial charge is 0.507 e. The van der Waals surface area contributed by atoms with Crippen LogP contribution in [0.15, 0.2) is 187 Å². The van der Waals surface area contributed by atoms with Crippen molar-refractivity contribution in [3.8, 4) is 56.3 Å². The Morgan fingerprint density at radius 1 is 0.607 bits per heavy atom. The molecule has 0 radical (unpaired) electrons. The van der Waals surface area contributed by atoms with Gasteiger partial charge in [-0.15, -0.1) is 11.3 Å². The minimum absolute atomic E-state index is 0.157. The highest BCUT2D eigenvalue weighted by Gasteiger charge is 2.25. The molecule has 0 amide bonds. The molecule has 0 atom stereocenters. The molecule has 0 spiro atoms. The number of aromatic nitrogens is 3. The highest BCUT2D eigenvalue weighted by Crippen LogP contribution is 2.45. The second-order valence-corrected chi connectivity index (χ2v) is 14.9. The third-order valence-electron chi connectivity index (χ3n) is 10.3. The van der Waals surface area contributed by atoms with E-state index in [1.54, 1.807) is 11.3 Å². The Labute approximate surface area is 328 Å². The normalized spacial score (nSPS) is 11.7. The fourth-order valence-corrected chi connectivity index (χ4v) is 8.61. The van der Waals surface area contributed by atoms with Gasteiger partial charge in [0.1, 0.15) is 22.7 Å². The number of fused-ring (bicyclic) bond motifs is 4. The van der Waals surface area contributed by atoms with Gasteiger partial charge in [0, 0.05) is 40.1 Å². The van der Waals surface area contributed by atoms with Gasteiger partial charge in [-0.1, -0.05) is 152 Å². The van der Waals surface area contributed by atoms with Gasteiger partial charge in [-0.3, -0.25) is 4.57 Å². The van der Waals surface area contributed by atoms with Crippen molar-refractivity contribution in [2.24, 2.45) is 0 Å². The number of phenolic OH excluding ortho intramolecular Hbond substituents is 1. The van der Waals surface area contributed by atoms with Crippen LogP contribution in [0.3, 0.4) is 0 Å². The van der Waals surface area contributed by atoms with Gasteiger partial charge < -0.3 is 9.52 Å². The van der Waals surface area contributed by atoms with Crippen LogP contribution in [0.4, 0.5) is 0 Å². The number of rotatable bonds is 9. The molecule has 7 aromatic carbocycles. The summed E-state index contributed by atoms with van der Waals surface area (Å²) in [5, 5.41) is 15.3. The first kappa shape index (κ1) is 33.5. The van der Waals surface area contributed by atoms with Crippen molar-refractivity contribution in [2.45, 2.75) is 12.8 Å². The molecule has 0 saturated heterocycles. The van der Waals surface area contributed by atoms with Gasteiger partial charge in [0.25, 0.3) is 0 Å². The van der Waals surface area contributed by atoms with Gasteiger partial charge >= 0.3 is 0 Å². The highest BCUT2D eigenvalue weighted by molar-refractivity contribution is 7.18. The molecule has 0 aliphatic carbocycles. The number of nitrogens with zero attached hydrogens (tertiary/aromatic N) is 3. The summed E-state index contributed by atoms with van der Waals surface area (Å²) in [6.45, 7) is 0. The van der Waals surface area contributed by atoms with Gasteiger partial charge in [-0.25, -0.2) is 9.97 Å². The van der Waals surface area contributed by atoms with Crippen LogP contribution in [0.1, 0.15) is 10.6 Å². The van der Waals surface area contributed by atoms with Crippen LogP contribution in [0, 0.1) is 0 Å². The molecule has 0 bridgehead atoms. The van der Waals surface area contributed by atoms with Crippen LogP contribution >= 0.6 is 11.3 Å². The van der Waals surface area contributed by atoms with E-state index in [1.807, 2.05) is 60.7 Å². The van der Waals surface area contributed by atoms with Crippen molar-refractivity contribution in [3.05, 3.63) is 193 Å². The van der Waals surface area contributed by atoms with Crippen LogP contribution < -0.4 is 0 Å². The lowest BCUT2D eigenvalue weighted by atomic mass is 9.95. The lowest BCUT2D eigenvalue weighted by Crippen LogP contribution is -2.02. The van der Waals surface area contributed by atoms with E-state index in [2.05, 4.69) is 126 Å². The number of imidazole rings is 1. The maximum Gasteiger partial charge on any atom is 0.148 e. The van der Waals surface area contributed by atoms with Crippen molar-refractivity contribution in [2.75, 3.05) is 0 Å². The van der Waals surface area contributed by atoms with Crippen LogP contribution in [0.25, 0.3) is 82.7 Å². The number of thiazole rings is 1. The second kappa shape index (κ2) is 14.3. The number of benzene rings is 7. The minimum Gasteiger partial charge on any atom is -0.507 e. The van der Waals surface area contributed by atoms with Gasteiger partial charge in [-0.05, 0) is 47.4 Å². The molecule has 10 aromatic rings. The first-order valence-corrected chi connectivity index (χ1v) is 19.6. The zero-order valence-corrected chi connectivity index (χ0v) is 31.2. The summed E-state index contributed by atoms with van der Waals surface area (Å²) in [4.78, 5) is 10.2. The molecular weight excluding hydrogens is 707 g/mol. The van der Waals surface area contributed by atoms with Crippen molar-refractivity contribution >= 4 is 43.5 Å². The molecule has 10 rings (SSSR count). The summed E-state index contributed by atoms with van der Waals surface area (Å²) < 4.78 is 9.97. The Morgan fingerprint density at radius 3 is 1.95 bits per heavy atom. The number of hydrogen-bond acceptors (Lipinski definition) is 5. The number of allylic oxidation sites excluding steroid dienone is 2. The van der Waals surface area contributed by atoms with Crippen LogP contribution in [-0.4, -0.2) is 19.6 Å². The van der Waals surface area contributed by atoms with E-state index in [-0.39, 0.29) is 5.75 Å². The molecule has 0 unspecified atom stereocenters. The van der Waals surface area contributed by atoms with E-state index in [9.17, 15) is 5.11 Å². The van der Waals surface area contributed by atoms with Gasteiger partial charge in [0.2, 0.25) is 0 Å². The van der Waals surface area contributed by atoms with Crippen molar-refractivity contribution in [1.29, 1.82) is 0 Å². The number of furan rings is 1. The maximum atomic E-state index is 12.3. The average molecular weight is 742 g/mol. The molecule has 3 aromatic heterocycles. The average Bonchev–Trinajstić information content (AvgIpc) is 3.98. The Kier molecular flexibility index (Phi) is 8.58. The third-order valence-corrected chi connectivity index (χ3v) is 11.4. The number of aromatic hydroxyl groups is 1. The Hall–Kier alpha value is -7.02. The molecule has 0 aliphatic heterocycles. The van der Waals surface area contributed by atoms with Crippen LogP contribution in [0.2, 0.25) is 0 Å². The third kappa shape index (κ3) is 6.06. The molecule has 0 aliphatic rings. The van der Waals surface area contributed by atoms with E-state index in [4.69, 9.17) is 14.4 Å². The summed E-state index contributed by atoms with van der Waals surface area (Å²) in [5.74, 6) is 0.913. The quantitative estimate of drug-likeness (QED) is 0.150. The molecular formula is C50H35N3O2S. The Morgan fingerprint density at radius 2 is 1.23 bits per heavy atom. The SMILES string of the molecule is Oc1c(C/C=C/Cc2nc3ccccc3s2)cc2c(oc3ccccc32)c1-c1cn(-c2c(-c3ccccc3)cccc2-c2ccccc2)c(-c2ccccc2)n1. The fourth-order valence-electron chi connectivity index (χ4n) is 7.67. The molecule has 1 N–H and O–H groups in total. The van der Waals surface area contributed by atoms with Crippen molar-refractivity contribution in [3.63, 3.8) is 0 Å². The molecule has 3 heterocycles. The number of phenols is 1. The second-order valence-electron chi connectivity index (χ2n) is 13.8. The topological polar surface area (TPSA) is 64.1 Å². The monoisotopic (exact) mass is 741 g/mol. The van der Waals surface area contributed by atoms with Gasteiger partial charge in [0.15, 0.2) is 0 Å². The Balaban J connectivity index is 1.17. The lowest BCUT2D eigenvalue weighted by Gasteiger charge is -2.18. The summed E-state index contributed by atoms with van der Waals surface area (Å²) in [6, 6.07) is 56.0. The smallest absolute Gasteiger partial charge is 0.148 e. The van der Waals surface area contributed by atoms with E-state index in [1.165, 1.54) is 4.70 Å². The highest BCUT2D eigenvalue weighted by atomic mass is 32.1. The first-order chi connectivity index (χ1) is 27.7. The van der Waals surface area contributed by atoms with Gasteiger partial charge in [-0.2, -0.15) is 0 Å². The summed E-state index contributed by atoms with van der Waals surface area (Å²) >= 11 is 1.71. The molecule has 56 heavy (non-hydrogen) atoms. The zero-order chi connectivity index (χ0) is 37.4. The maximum absolute atomic E-state index is 12.3. The minimum atomic E-state index is 0.157. The Bertz CT molecular complexity index is 2940. The standard InChI is InChI=1S/C50H35N3O2S/c54-48-36(23-10-15-30-45-51-41-27-12-14-29-44(41)56-45)31-40-39-24-11-13-28-43(39)55-49(40)46(48)42-32-53(50(52-42)35-21-8-3-9-22-35)47-37(33-17-4-1-5-18-33)25-16-26-38(47)34-19-6-2-7-20-34/h1-22,24-29,31-32,54H,23,30H2/b15-10+. The number of hydrogen-bond donors (Lipinski definition) is 1. The molecule has 0 saturated carbocycles. The summed E-state index contributed by atoms with van der Waals surface area (Å²) in [7, 11) is 0. The van der Waals surface area contributed by atoms with Crippen molar-refractivity contribution in [1.82, 2.24) is 14.5 Å². The van der Waals surface area contributed by atoms with Crippen LogP contribution in [-0.2, 0) is 12.8 Å². The lowest BCUT2D eigenvalue weighted by molar-refractivity contribution is 0.471. The van der Waals surface area contributed by atoms with E-state index in [0.717, 1.165) is 78.2 Å². The van der Waals surface area contributed by atoms with E-state index < -0.39 is 0 Å². The van der Waals surface area contributed by atoms with E-state index in [0.29, 0.717) is 23.3 Å². The number of para-hydroxylation sites is 3. The van der Waals surface area contributed by atoms with Crippen molar-refractivity contribution < 1.29 is 9.52 Å². The molecule has 268 valence electrons. The van der Waals surface area contributed by atoms with Crippen LogP contribution in [0.5, 0.6) is 5.75 Å². The zero-order valence-electron chi connectivity index (χ0n) is 30.3. The molecule has 0 fully saturated rings. The fraction of sp³-hybridized carbons (Fsp3) is 0.0400. The molecule has 6 heteroatoms.